The Kier molecular flexibility index (Phi) is 4.69. The highest BCUT2D eigenvalue weighted by atomic mass is 16.5. The Morgan fingerprint density at radius 1 is 1.35 bits per heavy atom. The molecule has 1 aromatic heterocycles. The van der Waals surface area contributed by atoms with Gasteiger partial charge in [-0.05, 0) is 44.5 Å². The van der Waals surface area contributed by atoms with Gasteiger partial charge in [0, 0.05) is 17.6 Å². The molecule has 0 spiro atoms. The first-order valence-corrected chi connectivity index (χ1v) is 6.86. The molecule has 0 aliphatic heterocycles. The van der Waals surface area contributed by atoms with Crippen LogP contribution < -0.4 is 5.32 Å². The molecule has 0 saturated heterocycles. The molecule has 0 saturated carbocycles. The number of nitrogens with one attached hydrogen (secondary N) is 1. The SMILES string of the molecule is CCOC(=O)C(C)NCc1ccc2nc(C)ccc2c1. The highest BCUT2D eigenvalue weighted by molar-refractivity contribution is 5.79. The van der Waals surface area contributed by atoms with E-state index in [2.05, 4.69) is 22.4 Å². The smallest absolute Gasteiger partial charge is 0.322 e. The zero-order valence-corrected chi connectivity index (χ0v) is 12.1. The van der Waals surface area contributed by atoms with Crippen LogP contribution in [0.3, 0.4) is 0 Å². The summed E-state index contributed by atoms with van der Waals surface area (Å²) in [5.41, 5.74) is 3.13. The standard InChI is InChI=1S/C16H20N2O2/c1-4-20-16(19)12(3)17-10-13-6-8-15-14(9-13)7-5-11(2)18-15/h5-9,12,17H,4,10H2,1-3H3. The lowest BCUT2D eigenvalue weighted by Crippen LogP contribution is -2.34. The van der Waals surface area contributed by atoms with Crippen LogP contribution in [0, 0.1) is 6.92 Å². The van der Waals surface area contributed by atoms with Crippen LogP contribution in [-0.2, 0) is 16.1 Å². The number of pyridine rings is 1. The molecule has 1 unspecified atom stereocenters. The lowest BCUT2D eigenvalue weighted by atomic mass is 10.1. The average Bonchev–Trinajstić information content (AvgIpc) is 2.44. The predicted octanol–water partition coefficient (Wildman–Crippen LogP) is 2.58. The van der Waals surface area contributed by atoms with Gasteiger partial charge >= 0.3 is 5.97 Å². The first-order valence-electron chi connectivity index (χ1n) is 6.86. The average molecular weight is 272 g/mol. The number of nitrogens with zero attached hydrogens (tertiary/aromatic N) is 1. The molecule has 0 bridgehead atoms. The van der Waals surface area contributed by atoms with Gasteiger partial charge in [-0.25, -0.2) is 0 Å². The minimum absolute atomic E-state index is 0.217. The van der Waals surface area contributed by atoms with E-state index >= 15 is 0 Å². The van der Waals surface area contributed by atoms with Crippen LogP contribution in [0.2, 0.25) is 0 Å². The fraction of sp³-hybridized carbons (Fsp3) is 0.375. The first kappa shape index (κ1) is 14.5. The lowest BCUT2D eigenvalue weighted by molar-refractivity contribution is -0.145. The predicted molar refractivity (Wildman–Crippen MR) is 79.4 cm³/mol. The normalized spacial score (nSPS) is 12.3. The molecule has 0 aliphatic rings. The molecule has 2 aromatic rings. The fourth-order valence-corrected chi connectivity index (χ4v) is 2.01. The van der Waals surface area contributed by atoms with E-state index in [0.29, 0.717) is 13.2 Å². The topological polar surface area (TPSA) is 51.2 Å². The molecular formula is C16H20N2O2. The summed E-state index contributed by atoms with van der Waals surface area (Å²) in [5, 5.41) is 4.27. The Labute approximate surface area is 119 Å². The van der Waals surface area contributed by atoms with Gasteiger partial charge in [0.2, 0.25) is 0 Å². The molecule has 106 valence electrons. The third kappa shape index (κ3) is 3.54. The van der Waals surface area contributed by atoms with Crippen molar-refractivity contribution in [2.45, 2.75) is 33.4 Å². The van der Waals surface area contributed by atoms with E-state index in [1.807, 2.05) is 39.0 Å². The summed E-state index contributed by atoms with van der Waals surface area (Å²) in [6, 6.07) is 9.89. The Morgan fingerprint density at radius 2 is 2.15 bits per heavy atom. The minimum atomic E-state index is -0.304. The van der Waals surface area contributed by atoms with Crippen LogP contribution in [0.1, 0.15) is 25.1 Å². The molecule has 4 heteroatoms. The van der Waals surface area contributed by atoms with Crippen molar-refractivity contribution >= 4 is 16.9 Å². The maximum absolute atomic E-state index is 11.5. The van der Waals surface area contributed by atoms with Crippen LogP contribution in [0.5, 0.6) is 0 Å². The molecule has 0 aliphatic carbocycles. The Bertz CT molecular complexity index is 610. The molecule has 1 aromatic carbocycles. The number of carbonyl (C=O) groups excluding carboxylic acids is 1. The van der Waals surface area contributed by atoms with E-state index in [1.54, 1.807) is 0 Å². The third-order valence-electron chi connectivity index (χ3n) is 3.15. The van der Waals surface area contributed by atoms with Gasteiger partial charge in [-0.2, -0.15) is 0 Å². The number of fused-ring (bicyclic) bond motifs is 1. The summed E-state index contributed by atoms with van der Waals surface area (Å²) >= 11 is 0. The van der Waals surface area contributed by atoms with Gasteiger partial charge in [-0.15, -0.1) is 0 Å². The van der Waals surface area contributed by atoms with Crippen molar-refractivity contribution in [1.29, 1.82) is 0 Å². The van der Waals surface area contributed by atoms with Gasteiger partial charge in [-0.3, -0.25) is 9.78 Å². The summed E-state index contributed by atoms with van der Waals surface area (Å²) < 4.78 is 4.96. The summed E-state index contributed by atoms with van der Waals surface area (Å²) in [6.45, 7) is 6.64. The zero-order chi connectivity index (χ0) is 14.5. The molecule has 0 amide bonds. The molecule has 2 rings (SSSR count). The van der Waals surface area contributed by atoms with Gasteiger partial charge < -0.3 is 10.1 Å². The Morgan fingerprint density at radius 3 is 2.90 bits per heavy atom. The number of rotatable bonds is 5. The maximum Gasteiger partial charge on any atom is 0.322 e. The second kappa shape index (κ2) is 6.48. The van der Waals surface area contributed by atoms with Gasteiger partial charge in [0.05, 0.1) is 12.1 Å². The monoisotopic (exact) mass is 272 g/mol. The van der Waals surface area contributed by atoms with Crippen molar-refractivity contribution in [3.8, 4) is 0 Å². The highest BCUT2D eigenvalue weighted by Crippen LogP contribution is 2.14. The van der Waals surface area contributed by atoms with Gasteiger partial charge in [0.25, 0.3) is 0 Å². The Balaban J connectivity index is 2.03. The number of hydrogen-bond donors (Lipinski definition) is 1. The van der Waals surface area contributed by atoms with Gasteiger partial charge in [0.15, 0.2) is 0 Å². The number of esters is 1. The molecule has 1 atom stereocenters. The van der Waals surface area contributed by atoms with Crippen molar-refractivity contribution in [2.75, 3.05) is 6.61 Å². The first-order chi connectivity index (χ1) is 9.60. The number of carbonyl (C=O) groups is 1. The summed E-state index contributed by atoms with van der Waals surface area (Å²) in [5.74, 6) is -0.217. The van der Waals surface area contributed by atoms with Crippen LogP contribution in [0.4, 0.5) is 0 Å². The van der Waals surface area contributed by atoms with Crippen LogP contribution in [0.15, 0.2) is 30.3 Å². The van der Waals surface area contributed by atoms with Crippen molar-refractivity contribution in [3.63, 3.8) is 0 Å². The van der Waals surface area contributed by atoms with Crippen molar-refractivity contribution < 1.29 is 9.53 Å². The fourth-order valence-electron chi connectivity index (χ4n) is 2.01. The molecule has 0 fully saturated rings. The zero-order valence-electron chi connectivity index (χ0n) is 12.1. The van der Waals surface area contributed by atoms with Gasteiger partial charge in [-0.1, -0.05) is 12.1 Å². The number of benzene rings is 1. The molecule has 20 heavy (non-hydrogen) atoms. The number of hydrogen-bond acceptors (Lipinski definition) is 4. The second-order valence-corrected chi connectivity index (χ2v) is 4.83. The number of aromatic nitrogens is 1. The van der Waals surface area contributed by atoms with E-state index in [0.717, 1.165) is 22.2 Å². The van der Waals surface area contributed by atoms with E-state index < -0.39 is 0 Å². The highest BCUT2D eigenvalue weighted by Gasteiger charge is 2.12. The van der Waals surface area contributed by atoms with E-state index in [1.165, 1.54) is 0 Å². The van der Waals surface area contributed by atoms with Crippen LogP contribution in [0.25, 0.3) is 10.9 Å². The van der Waals surface area contributed by atoms with Crippen molar-refractivity contribution in [1.82, 2.24) is 10.3 Å². The molecular weight excluding hydrogens is 252 g/mol. The molecule has 4 nitrogen and oxygen atoms in total. The second-order valence-electron chi connectivity index (χ2n) is 4.83. The number of ether oxygens (including phenoxy) is 1. The minimum Gasteiger partial charge on any atom is -0.465 e. The molecule has 1 N–H and O–H groups in total. The quantitative estimate of drug-likeness (QED) is 0.850. The summed E-state index contributed by atoms with van der Waals surface area (Å²) in [4.78, 5) is 16.0. The lowest BCUT2D eigenvalue weighted by Gasteiger charge is -2.12. The largest absolute Gasteiger partial charge is 0.465 e. The van der Waals surface area contributed by atoms with Gasteiger partial charge in [0.1, 0.15) is 6.04 Å². The van der Waals surface area contributed by atoms with E-state index in [9.17, 15) is 4.79 Å². The van der Waals surface area contributed by atoms with E-state index in [4.69, 9.17) is 4.74 Å². The molecule has 0 radical (unpaired) electrons. The molecule has 1 heterocycles. The summed E-state index contributed by atoms with van der Waals surface area (Å²) in [6.07, 6.45) is 0. The maximum atomic E-state index is 11.5. The Hall–Kier alpha value is -1.94. The van der Waals surface area contributed by atoms with Crippen molar-refractivity contribution in [3.05, 3.63) is 41.6 Å². The van der Waals surface area contributed by atoms with E-state index in [-0.39, 0.29) is 12.0 Å². The van der Waals surface area contributed by atoms with Crippen molar-refractivity contribution in [2.24, 2.45) is 0 Å². The van der Waals surface area contributed by atoms with Crippen LogP contribution in [-0.4, -0.2) is 23.6 Å². The van der Waals surface area contributed by atoms with Crippen LogP contribution >= 0.6 is 0 Å². The third-order valence-corrected chi connectivity index (χ3v) is 3.15. The summed E-state index contributed by atoms with van der Waals surface area (Å²) in [7, 11) is 0. The number of aryl methyl sites for hydroxylation is 1.